The van der Waals surface area contributed by atoms with Crippen LogP contribution in [-0.4, -0.2) is 42.3 Å². The van der Waals surface area contributed by atoms with Crippen LogP contribution in [0.3, 0.4) is 0 Å². The predicted molar refractivity (Wildman–Crippen MR) is 115 cm³/mol. The summed E-state index contributed by atoms with van der Waals surface area (Å²) in [6.45, 7) is 1.97. The van der Waals surface area contributed by atoms with Gasteiger partial charge in [-0.1, -0.05) is 53.2 Å². The number of benzene rings is 2. The highest BCUT2D eigenvalue weighted by Gasteiger charge is 2.49. The molecular weight excluding hydrogens is 435 g/mol. The zero-order valence-electron chi connectivity index (χ0n) is 15.5. The minimum atomic E-state index is -3.19. The topological polar surface area (TPSA) is 66.8 Å². The van der Waals surface area contributed by atoms with Gasteiger partial charge < -0.3 is 4.90 Å². The maximum Gasteiger partial charge on any atom is 0.252 e. The molecule has 4 rings (SSSR count). The van der Waals surface area contributed by atoms with Crippen LogP contribution >= 0.6 is 23.4 Å². The summed E-state index contributed by atoms with van der Waals surface area (Å²) in [5.41, 5.74) is 2.38. The lowest BCUT2D eigenvalue weighted by atomic mass is 10.1. The number of hydrogen-bond donors (Lipinski definition) is 0. The molecule has 0 unspecified atom stereocenters. The van der Waals surface area contributed by atoms with E-state index < -0.39 is 21.7 Å². The Kier molecular flexibility index (Phi) is 5.44. The van der Waals surface area contributed by atoms with E-state index in [1.54, 1.807) is 11.0 Å². The lowest BCUT2D eigenvalue weighted by molar-refractivity contribution is -0.117. The van der Waals surface area contributed by atoms with Gasteiger partial charge in [-0.15, -0.1) is 0 Å². The van der Waals surface area contributed by atoms with Crippen molar-refractivity contribution in [3.63, 3.8) is 0 Å². The zero-order chi connectivity index (χ0) is 20.8. The number of sulfone groups is 1. The average molecular weight is 453 g/mol. The van der Waals surface area contributed by atoms with Crippen LogP contribution in [0.4, 0.5) is 10.1 Å². The molecule has 0 radical (unpaired) electrons. The van der Waals surface area contributed by atoms with E-state index in [-0.39, 0.29) is 34.1 Å². The number of aryl methyl sites for hydroxylation is 1. The van der Waals surface area contributed by atoms with Gasteiger partial charge in [0.2, 0.25) is 0 Å². The highest BCUT2D eigenvalue weighted by atomic mass is 35.5. The molecule has 0 saturated carbocycles. The standard InChI is InChI=1S/C20H18ClFN2O3S2/c1-12-2-4-13(5-3-12)8-19(25)23-20-24(14-6-7-15(21)16(22)9-14)17-10-29(26,27)11-18(17)28-20/h2-7,9,17-18H,8,10-11H2,1H3/t17-,18-/m1/s1. The summed E-state index contributed by atoms with van der Waals surface area (Å²) in [7, 11) is -3.19. The number of aliphatic imine (C=N–C) groups is 1. The van der Waals surface area contributed by atoms with E-state index in [4.69, 9.17) is 11.6 Å². The van der Waals surface area contributed by atoms with Crippen LogP contribution in [0.15, 0.2) is 47.5 Å². The first-order valence-electron chi connectivity index (χ1n) is 9.00. The zero-order valence-corrected chi connectivity index (χ0v) is 17.9. The van der Waals surface area contributed by atoms with Crippen molar-refractivity contribution in [3.05, 3.63) is 64.4 Å². The molecule has 2 aromatic rings. The van der Waals surface area contributed by atoms with Gasteiger partial charge in [0.15, 0.2) is 15.0 Å². The van der Waals surface area contributed by atoms with Crippen LogP contribution in [0.25, 0.3) is 0 Å². The van der Waals surface area contributed by atoms with E-state index in [0.717, 1.165) is 11.1 Å². The number of anilines is 1. The van der Waals surface area contributed by atoms with Gasteiger partial charge in [-0.2, -0.15) is 4.99 Å². The number of rotatable bonds is 3. The second-order valence-corrected chi connectivity index (χ2v) is 11.0. The molecule has 2 aromatic carbocycles. The SMILES string of the molecule is Cc1ccc(CC(=O)N=C2S[C@@H]3CS(=O)(=O)C[C@H]3N2c2ccc(Cl)c(F)c2)cc1. The first-order chi connectivity index (χ1) is 13.7. The van der Waals surface area contributed by atoms with Crippen LogP contribution in [0.5, 0.6) is 0 Å². The van der Waals surface area contributed by atoms with Crippen molar-refractivity contribution in [2.75, 3.05) is 16.4 Å². The maximum atomic E-state index is 14.0. The van der Waals surface area contributed by atoms with Crippen molar-refractivity contribution in [1.82, 2.24) is 0 Å². The molecule has 29 heavy (non-hydrogen) atoms. The summed E-state index contributed by atoms with van der Waals surface area (Å²) in [6.07, 6.45) is 0.140. The fourth-order valence-electron chi connectivity index (χ4n) is 3.53. The Morgan fingerprint density at radius 3 is 2.66 bits per heavy atom. The number of thioether (sulfide) groups is 1. The molecule has 0 spiro atoms. The monoisotopic (exact) mass is 452 g/mol. The van der Waals surface area contributed by atoms with Gasteiger partial charge in [0.1, 0.15) is 5.82 Å². The van der Waals surface area contributed by atoms with E-state index in [2.05, 4.69) is 4.99 Å². The number of carbonyl (C=O) groups excluding carboxylic acids is 1. The summed E-state index contributed by atoms with van der Waals surface area (Å²) >= 11 is 7.05. The third kappa shape index (κ3) is 4.34. The largest absolute Gasteiger partial charge is 0.315 e. The van der Waals surface area contributed by atoms with Crippen LogP contribution in [-0.2, 0) is 21.1 Å². The van der Waals surface area contributed by atoms with Gasteiger partial charge in [-0.05, 0) is 30.7 Å². The van der Waals surface area contributed by atoms with E-state index in [1.165, 1.54) is 23.9 Å². The molecule has 5 nitrogen and oxygen atoms in total. The number of carbonyl (C=O) groups is 1. The highest BCUT2D eigenvalue weighted by Crippen LogP contribution is 2.41. The number of amidine groups is 1. The van der Waals surface area contributed by atoms with Crippen LogP contribution < -0.4 is 4.90 Å². The number of fused-ring (bicyclic) bond motifs is 1. The molecule has 152 valence electrons. The van der Waals surface area contributed by atoms with Crippen LogP contribution in [0.1, 0.15) is 11.1 Å². The Hall–Kier alpha value is -1.90. The van der Waals surface area contributed by atoms with Crippen molar-refractivity contribution < 1.29 is 17.6 Å². The van der Waals surface area contributed by atoms with Gasteiger partial charge >= 0.3 is 0 Å². The molecule has 0 N–H and O–H groups in total. The van der Waals surface area contributed by atoms with Gasteiger partial charge in [0.05, 0.1) is 29.0 Å². The Balaban J connectivity index is 1.65. The van der Waals surface area contributed by atoms with Crippen molar-refractivity contribution in [3.8, 4) is 0 Å². The molecule has 2 atom stereocenters. The van der Waals surface area contributed by atoms with Crippen molar-refractivity contribution in [1.29, 1.82) is 0 Å². The predicted octanol–water partition coefficient (Wildman–Crippen LogP) is 3.63. The van der Waals surface area contributed by atoms with Crippen LogP contribution in [0, 0.1) is 12.7 Å². The lowest BCUT2D eigenvalue weighted by Crippen LogP contribution is -2.37. The summed E-state index contributed by atoms with van der Waals surface area (Å²) < 4.78 is 38.2. The molecular formula is C20H18ClFN2O3S2. The summed E-state index contributed by atoms with van der Waals surface area (Å²) in [4.78, 5) is 18.5. The second kappa shape index (κ2) is 7.74. The van der Waals surface area contributed by atoms with E-state index in [9.17, 15) is 17.6 Å². The fourth-order valence-corrected chi connectivity index (χ4v) is 7.58. The number of amides is 1. The Morgan fingerprint density at radius 1 is 1.24 bits per heavy atom. The minimum Gasteiger partial charge on any atom is -0.315 e. The van der Waals surface area contributed by atoms with Gasteiger partial charge in [0, 0.05) is 10.9 Å². The lowest BCUT2D eigenvalue weighted by Gasteiger charge is -2.24. The number of halogens is 2. The molecule has 2 saturated heterocycles. The maximum absolute atomic E-state index is 14.0. The molecule has 9 heteroatoms. The van der Waals surface area contributed by atoms with Gasteiger partial charge in [0.25, 0.3) is 5.91 Å². The first kappa shape index (κ1) is 20.4. The molecule has 0 aliphatic carbocycles. The first-order valence-corrected chi connectivity index (χ1v) is 12.1. The molecule has 1 amide bonds. The summed E-state index contributed by atoms with van der Waals surface area (Å²) in [6, 6.07) is 11.5. The highest BCUT2D eigenvalue weighted by molar-refractivity contribution is 8.16. The van der Waals surface area contributed by atoms with Crippen molar-refractivity contribution in [2.45, 2.75) is 24.6 Å². The normalized spacial score (nSPS) is 24.1. The number of nitrogens with zero attached hydrogens (tertiary/aromatic N) is 2. The molecule has 2 aliphatic rings. The minimum absolute atomic E-state index is 0.0140. The third-order valence-corrected chi connectivity index (χ3v) is 8.46. The van der Waals surface area contributed by atoms with Gasteiger partial charge in [-0.3, -0.25) is 4.79 Å². The third-order valence-electron chi connectivity index (χ3n) is 4.94. The van der Waals surface area contributed by atoms with Crippen LogP contribution in [0.2, 0.25) is 5.02 Å². The fraction of sp³-hybridized carbons (Fsp3) is 0.300. The Labute approximate surface area is 177 Å². The van der Waals surface area contributed by atoms with Crippen molar-refractivity contribution >= 4 is 50.0 Å². The quantitative estimate of drug-likeness (QED) is 0.711. The Morgan fingerprint density at radius 2 is 1.97 bits per heavy atom. The van der Waals surface area contributed by atoms with Gasteiger partial charge in [-0.25, -0.2) is 12.8 Å². The molecule has 0 bridgehead atoms. The number of hydrogen-bond acceptors (Lipinski definition) is 4. The summed E-state index contributed by atoms with van der Waals surface area (Å²) in [5.74, 6) is -0.984. The summed E-state index contributed by atoms with van der Waals surface area (Å²) in [5, 5.41) is 0.128. The smallest absolute Gasteiger partial charge is 0.252 e. The van der Waals surface area contributed by atoms with Crippen molar-refractivity contribution in [2.24, 2.45) is 4.99 Å². The van der Waals surface area contributed by atoms with E-state index in [1.807, 2.05) is 31.2 Å². The average Bonchev–Trinajstić information content (AvgIpc) is 3.10. The Bertz CT molecular complexity index is 1100. The molecule has 2 heterocycles. The molecule has 2 aliphatic heterocycles. The molecule has 2 fully saturated rings. The second-order valence-electron chi connectivity index (χ2n) is 7.22. The van der Waals surface area contributed by atoms with E-state index >= 15 is 0 Å². The van der Waals surface area contributed by atoms with E-state index in [0.29, 0.717) is 10.9 Å². The molecule has 0 aromatic heterocycles.